The van der Waals surface area contributed by atoms with Gasteiger partial charge < -0.3 is 19.9 Å². The van der Waals surface area contributed by atoms with Crippen LogP contribution in [0.5, 0.6) is 0 Å². The van der Waals surface area contributed by atoms with Gasteiger partial charge in [-0.05, 0) is 98.4 Å². The Balaban J connectivity index is 2.02. The fraction of sp³-hybridized carbons (Fsp3) is 0.467. The Labute approximate surface area is 216 Å². The van der Waals surface area contributed by atoms with E-state index in [0.29, 0.717) is 30.5 Å². The lowest BCUT2D eigenvalue weighted by Gasteiger charge is -2.35. The van der Waals surface area contributed by atoms with Gasteiger partial charge in [-0.1, -0.05) is 26.0 Å². The third-order valence-corrected chi connectivity index (χ3v) is 7.02. The molecule has 6 heteroatoms. The first kappa shape index (κ1) is 27.3. The third kappa shape index (κ3) is 6.48. The van der Waals surface area contributed by atoms with E-state index < -0.39 is 0 Å². The van der Waals surface area contributed by atoms with Gasteiger partial charge >= 0.3 is 6.09 Å². The number of nitrogens with zero attached hydrogens (tertiary/aromatic N) is 2. The molecule has 1 saturated heterocycles. The van der Waals surface area contributed by atoms with Crippen LogP contribution >= 0.6 is 0 Å². The summed E-state index contributed by atoms with van der Waals surface area (Å²) in [5, 5.41) is 2.71. The Morgan fingerprint density at radius 3 is 2.47 bits per heavy atom. The van der Waals surface area contributed by atoms with Crippen molar-refractivity contribution in [1.29, 1.82) is 0 Å². The first-order valence-electron chi connectivity index (χ1n) is 12.9. The third-order valence-electron chi connectivity index (χ3n) is 7.02. The van der Waals surface area contributed by atoms with Crippen molar-refractivity contribution in [3.8, 4) is 0 Å². The number of methoxy groups -OCH3 is 1. The van der Waals surface area contributed by atoms with E-state index in [9.17, 15) is 9.59 Å². The van der Waals surface area contributed by atoms with Gasteiger partial charge in [0.1, 0.15) is 0 Å². The number of ether oxygens (including phenoxy) is 1. The van der Waals surface area contributed by atoms with Crippen LogP contribution in [0.4, 0.5) is 4.79 Å². The monoisotopic (exact) mass is 491 g/mol. The highest BCUT2D eigenvalue weighted by Crippen LogP contribution is 2.36. The summed E-state index contributed by atoms with van der Waals surface area (Å²) in [4.78, 5) is 28.3. The molecular weight excluding hydrogens is 450 g/mol. The number of likely N-dealkylation sites (tertiary alicyclic amines) is 1. The molecule has 6 nitrogen and oxygen atoms in total. The van der Waals surface area contributed by atoms with Crippen molar-refractivity contribution in [2.45, 2.75) is 53.9 Å². The van der Waals surface area contributed by atoms with E-state index in [1.54, 1.807) is 11.9 Å². The normalized spacial score (nSPS) is 18.3. The van der Waals surface area contributed by atoms with Crippen molar-refractivity contribution >= 4 is 17.6 Å². The van der Waals surface area contributed by atoms with E-state index in [2.05, 4.69) is 75.3 Å². The van der Waals surface area contributed by atoms with Gasteiger partial charge in [0.05, 0.1) is 7.11 Å². The van der Waals surface area contributed by atoms with E-state index in [4.69, 9.17) is 4.74 Å². The predicted molar refractivity (Wildman–Crippen MR) is 146 cm³/mol. The fourth-order valence-corrected chi connectivity index (χ4v) is 5.02. The first-order valence-corrected chi connectivity index (χ1v) is 12.9. The highest BCUT2D eigenvalue weighted by molar-refractivity contribution is 5.94. The number of piperidine rings is 1. The number of carbonyl (C=O) groups is 2. The Morgan fingerprint density at radius 1 is 1.19 bits per heavy atom. The summed E-state index contributed by atoms with van der Waals surface area (Å²) in [6.07, 6.45) is 11.4. The molecule has 194 valence electrons. The summed E-state index contributed by atoms with van der Waals surface area (Å²) < 4.78 is 4.92. The molecule has 1 aromatic rings. The number of benzene rings is 1. The van der Waals surface area contributed by atoms with Gasteiger partial charge in [0, 0.05) is 43.3 Å². The minimum Gasteiger partial charge on any atom is -0.453 e. The summed E-state index contributed by atoms with van der Waals surface area (Å²) in [7, 11) is 3.10. The minimum absolute atomic E-state index is 0.0781. The average molecular weight is 492 g/mol. The number of aryl methyl sites for hydroxylation is 1. The molecule has 0 bridgehead atoms. The molecule has 0 aliphatic carbocycles. The molecule has 2 aliphatic rings. The maximum Gasteiger partial charge on any atom is 0.409 e. The SMILES string of the molecule is CNC(=O)c1ccc(/C(C)=C(\CC2CCN(C(=O)OC)CC2)N2C=CC(C)=C/C2=C\C(C)C)c(C)c1. The standard InChI is InChI=1S/C30H41N3O3/c1-20(2)16-26-17-21(3)10-15-33(26)28(19-24-11-13-32(14-12-24)30(35)36-7)23(5)27-9-8-25(18-22(27)4)29(34)31-6/h8-10,15-18,20,24H,11-14,19H2,1-7H3,(H,31,34)/b26-16+,28-23+. The van der Waals surface area contributed by atoms with Crippen molar-refractivity contribution in [3.63, 3.8) is 0 Å². The summed E-state index contributed by atoms with van der Waals surface area (Å²) >= 11 is 0. The van der Waals surface area contributed by atoms with E-state index >= 15 is 0 Å². The average Bonchev–Trinajstić information content (AvgIpc) is 2.86. The lowest BCUT2D eigenvalue weighted by Crippen LogP contribution is -2.38. The molecule has 1 fully saturated rings. The molecule has 0 unspecified atom stereocenters. The molecule has 0 aromatic heterocycles. The second-order valence-electron chi connectivity index (χ2n) is 10.2. The lowest BCUT2D eigenvalue weighted by atomic mass is 9.88. The largest absolute Gasteiger partial charge is 0.453 e. The number of hydrogen-bond acceptors (Lipinski definition) is 4. The van der Waals surface area contributed by atoms with Crippen LogP contribution in [0, 0.1) is 18.8 Å². The van der Waals surface area contributed by atoms with Gasteiger partial charge in [-0.2, -0.15) is 0 Å². The minimum atomic E-state index is -0.242. The van der Waals surface area contributed by atoms with Crippen molar-refractivity contribution < 1.29 is 14.3 Å². The Bertz CT molecular complexity index is 1100. The van der Waals surface area contributed by atoms with E-state index in [1.165, 1.54) is 29.7 Å². The molecule has 0 atom stereocenters. The van der Waals surface area contributed by atoms with Crippen molar-refractivity contribution in [2.75, 3.05) is 27.2 Å². The van der Waals surface area contributed by atoms with Gasteiger partial charge in [0.2, 0.25) is 0 Å². The number of hydrogen-bond donors (Lipinski definition) is 1. The second kappa shape index (κ2) is 12.1. The van der Waals surface area contributed by atoms with Crippen LogP contribution in [-0.4, -0.2) is 49.0 Å². The summed E-state index contributed by atoms with van der Waals surface area (Å²) in [5.74, 6) is 0.795. The van der Waals surface area contributed by atoms with Crippen molar-refractivity contribution in [3.05, 3.63) is 76.3 Å². The highest BCUT2D eigenvalue weighted by Gasteiger charge is 2.27. The van der Waals surface area contributed by atoms with E-state index in [0.717, 1.165) is 30.4 Å². The molecule has 2 aliphatic heterocycles. The van der Waals surface area contributed by atoms with Crippen LogP contribution in [0.1, 0.15) is 68.4 Å². The Hall–Kier alpha value is -3.28. The quantitative estimate of drug-likeness (QED) is 0.509. The summed E-state index contributed by atoms with van der Waals surface area (Å²) in [6.45, 7) is 12.2. The molecule has 1 N–H and O–H groups in total. The van der Waals surface area contributed by atoms with E-state index in [1.807, 2.05) is 12.1 Å². The molecule has 2 heterocycles. The number of rotatable bonds is 6. The Morgan fingerprint density at radius 2 is 1.89 bits per heavy atom. The van der Waals surface area contributed by atoms with Gasteiger partial charge in [-0.3, -0.25) is 4.79 Å². The molecule has 36 heavy (non-hydrogen) atoms. The number of nitrogens with one attached hydrogen (secondary N) is 1. The maximum absolute atomic E-state index is 12.2. The van der Waals surface area contributed by atoms with Gasteiger partial charge in [-0.25, -0.2) is 4.79 Å². The molecule has 3 rings (SSSR count). The number of amides is 2. The van der Waals surface area contributed by atoms with Crippen LogP contribution in [0.25, 0.3) is 5.57 Å². The predicted octanol–water partition coefficient (Wildman–Crippen LogP) is 6.27. The fourth-order valence-electron chi connectivity index (χ4n) is 5.02. The summed E-state index contributed by atoms with van der Waals surface area (Å²) in [5.41, 5.74) is 7.77. The van der Waals surface area contributed by atoms with Gasteiger partial charge in [-0.15, -0.1) is 0 Å². The smallest absolute Gasteiger partial charge is 0.409 e. The zero-order valence-electron chi connectivity index (χ0n) is 22.9. The first-order chi connectivity index (χ1) is 17.1. The van der Waals surface area contributed by atoms with Crippen LogP contribution in [-0.2, 0) is 4.74 Å². The second-order valence-corrected chi connectivity index (χ2v) is 10.2. The molecule has 2 amide bonds. The molecule has 1 aromatic carbocycles. The molecular formula is C30H41N3O3. The number of carbonyl (C=O) groups excluding carboxylic acids is 2. The van der Waals surface area contributed by atoms with Crippen LogP contribution < -0.4 is 5.32 Å². The van der Waals surface area contributed by atoms with Crippen LogP contribution in [0.2, 0.25) is 0 Å². The van der Waals surface area contributed by atoms with Crippen molar-refractivity contribution in [1.82, 2.24) is 15.1 Å². The zero-order valence-corrected chi connectivity index (χ0v) is 22.9. The van der Waals surface area contributed by atoms with Gasteiger partial charge in [0.25, 0.3) is 5.91 Å². The van der Waals surface area contributed by atoms with Crippen LogP contribution in [0.15, 0.2) is 59.6 Å². The summed E-state index contributed by atoms with van der Waals surface area (Å²) in [6, 6.07) is 5.93. The molecule has 0 radical (unpaired) electrons. The van der Waals surface area contributed by atoms with Gasteiger partial charge in [0.15, 0.2) is 0 Å². The number of allylic oxidation sites excluding steroid dienone is 6. The van der Waals surface area contributed by atoms with E-state index in [-0.39, 0.29) is 12.0 Å². The molecule has 0 spiro atoms. The maximum atomic E-state index is 12.2. The zero-order chi connectivity index (χ0) is 26.4. The Kier molecular flexibility index (Phi) is 9.19. The topological polar surface area (TPSA) is 61.9 Å². The van der Waals surface area contributed by atoms with Crippen LogP contribution in [0.3, 0.4) is 0 Å². The highest BCUT2D eigenvalue weighted by atomic mass is 16.5. The lowest BCUT2D eigenvalue weighted by molar-refractivity contribution is 0.0962. The van der Waals surface area contributed by atoms with Crippen molar-refractivity contribution in [2.24, 2.45) is 11.8 Å². The molecule has 0 saturated carbocycles.